The molecular weight excluding hydrogens is 460 g/mol. The van der Waals surface area contributed by atoms with Crippen molar-refractivity contribution in [1.29, 1.82) is 0 Å². The van der Waals surface area contributed by atoms with Crippen molar-refractivity contribution in [2.75, 3.05) is 36.5 Å². The molecule has 0 aliphatic carbocycles. The maximum Gasteiger partial charge on any atom is 0.293 e. The van der Waals surface area contributed by atoms with Crippen molar-refractivity contribution in [3.8, 4) is 0 Å². The second kappa shape index (κ2) is 9.29. The van der Waals surface area contributed by atoms with Gasteiger partial charge in [0.25, 0.3) is 11.6 Å². The summed E-state index contributed by atoms with van der Waals surface area (Å²) in [6.45, 7) is 4.08. The van der Waals surface area contributed by atoms with E-state index in [1.165, 1.54) is 6.07 Å². The second-order valence-electron chi connectivity index (χ2n) is 6.43. The molecule has 1 amide bonds. The minimum Gasteiger partial charge on any atom is -0.378 e. The monoisotopic (exact) mass is 478 g/mol. The molecular formula is C19H19BrN4O4S. The van der Waals surface area contributed by atoms with Crippen LogP contribution in [0, 0.1) is 17.0 Å². The van der Waals surface area contributed by atoms with Crippen molar-refractivity contribution in [1.82, 2.24) is 5.32 Å². The maximum absolute atomic E-state index is 12.5. The van der Waals surface area contributed by atoms with E-state index in [1.54, 1.807) is 12.1 Å². The molecule has 152 valence electrons. The molecule has 1 fully saturated rings. The van der Waals surface area contributed by atoms with Crippen LogP contribution in [0.4, 0.5) is 17.1 Å². The maximum atomic E-state index is 12.5. The Balaban J connectivity index is 1.72. The van der Waals surface area contributed by atoms with Crippen LogP contribution in [-0.2, 0) is 4.74 Å². The number of nitrogens with zero attached hydrogens (tertiary/aromatic N) is 2. The van der Waals surface area contributed by atoms with E-state index in [4.69, 9.17) is 17.0 Å². The highest BCUT2D eigenvalue weighted by molar-refractivity contribution is 9.10. The first-order chi connectivity index (χ1) is 13.8. The number of nitro benzene ring substituents is 1. The molecule has 1 heterocycles. The predicted molar refractivity (Wildman–Crippen MR) is 119 cm³/mol. The SMILES string of the molecule is Cc1cc(NC(=S)NC(=O)c2ccc(N3CCOCC3)c([N+](=O)[O-])c2)ccc1Br. The second-order valence-corrected chi connectivity index (χ2v) is 7.69. The molecule has 0 radical (unpaired) electrons. The first-order valence-electron chi connectivity index (χ1n) is 8.85. The number of ether oxygens (including phenoxy) is 1. The van der Waals surface area contributed by atoms with Gasteiger partial charge in [-0.05, 0) is 55.0 Å². The zero-order chi connectivity index (χ0) is 21.0. The van der Waals surface area contributed by atoms with E-state index in [-0.39, 0.29) is 16.4 Å². The summed E-state index contributed by atoms with van der Waals surface area (Å²) in [5.41, 5.74) is 2.25. The van der Waals surface area contributed by atoms with Crippen LogP contribution in [0.2, 0.25) is 0 Å². The standard InChI is InChI=1S/C19H19BrN4O4S/c1-12-10-14(3-4-15(12)20)21-19(29)22-18(25)13-2-5-16(17(11-13)24(26)27)23-6-8-28-9-7-23/h2-5,10-11H,6-9H2,1H3,(H2,21,22,25,29). The number of hydrogen-bond donors (Lipinski definition) is 2. The Morgan fingerprint density at radius 2 is 1.97 bits per heavy atom. The topological polar surface area (TPSA) is 96.7 Å². The molecule has 8 nitrogen and oxygen atoms in total. The normalized spacial score (nSPS) is 13.7. The average Bonchev–Trinajstić information content (AvgIpc) is 2.70. The minimum absolute atomic E-state index is 0.108. The molecule has 10 heteroatoms. The number of morpholine rings is 1. The van der Waals surface area contributed by atoms with Gasteiger partial charge in [0.1, 0.15) is 5.69 Å². The third-order valence-electron chi connectivity index (χ3n) is 4.43. The van der Waals surface area contributed by atoms with E-state index < -0.39 is 10.8 Å². The summed E-state index contributed by atoms with van der Waals surface area (Å²) in [6, 6.07) is 9.98. The predicted octanol–water partition coefficient (Wildman–Crippen LogP) is 3.63. The van der Waals surface area contributed by atoms with Crippen molar-refractivity contribution in [3.63, 3.8) is 0 Å². The summed E-state index contributed by atoms with van der Waals surface area (Å²) in [5, 5.41) is 17.1. The molecule has 2 aromatic carbocycles. The number of aryl methyl sites for hydroxylation is 1. The van der Waals surface area contributed by atoms with Gasteiger partial charge >= 0.3 is 0 Å². The van der Waals surface area contributed by atoms with Crippen LogP contribution in [0.3, 0.4) is 0 Å². The Labute approximate surface area is 181 Å². The molecule has 0 atom stereocenters. The number of nitro groups is 1. The van der Waals surface area contributed by atoms with E-state index in [0.29, 0.717) is 32.0 Å². The van der Waals surface area contributed by atoms with Gasteiger partial charge in [-0.3, -0.25) is 20.2 Å². The summed E-state index contributed by atoms with van der Waals surface area (Å²) in [5.74, 6) is -0.520. The molecule has 3 rings (SSSR count). The zero-order valence-corrected chi connectivity index (χ0v) is 18.0. The van der Waals surface area contributed by atoms with Crippen LogP contribution in [0.5, 0.6) is 0 Å². The molecule has 1 aliphatic rings. The fourth-order valence-corrected chi connectivity index (χ4v) is 3.40. The van der Waals surface area contributed by atoms with E-state index >= 15 is 0 Å². The smallest absolute Gasteiger partial charge is 0.293 e. The summed E-state index contributed by atoms with van der Waals surface area (Å²) >= 11 is 8.61. The molecule has 2 aromatic rings. The van der Waals surface area contributed by atoms with Gasteiger partial charge < -0.3 is 15.0 Å². The van der Waals surface area contributed by atoms with Crippen molar-refractivity contribution >= 4 is 56.2 Å². The van der Waals surface area contributed by atoms with Gasteiger partial charge in [-0.15, -0.1) is 0 Å². The molecule has 29 heavy (non-hydrogen) atoms. The molecule has 0 aromatic heterocycles. The number of thiocarbonyl (C=S) groups is 1. The average molecular weight is 479 g/mol. The molecule has 0 saturated carbocycles. The van der Waals surface area contributed by atoms with Gasteiger partial charge in [-0.1, -0.05) is 15.9 Å². The van der Waals surface area contributed by atoms with E-state index in [1.807, 2.05) is 30.0 Å². The van der Waals surface area contributed by atoms with E-state index in [2.05, 4.69) is 26.6 Å². The van der Waals surface area contributed by atoms with Crippen LogP contribution in [0.15, 0.2) is 40.9 Å². The van der Waals surface area contributed by atoms with Crippen molar-refractivity contribution in [2.24, 2.45) is 0 Å². The van der Waals surface area contributed by atoms with Crippen LogP contribution in [-0.4, -0.2) is 42.2 Å². The van der Waals surface area contributed by atoms with Gasteiger partial charge in [-0.25, -0.2) is 0 Å². The van der Waals surface area contributed by atoms with Crippen molar-refractivity contribution < 1.29 is 14.5 Å². The number of nitrogens with one attached hydrogen (secondary N) is 2. The van der Waals surface area contributed by atoms with Gasteiger partial charge in [0.15, 0.2) is 5.11 Å². The van der Waals surface area contributed by atoms with Gasteiger partial charge in [0.05, 0.1) is 18.1 Å². The lowest BCUT2D eigenvalue weighted by Crippen LogP contribution is -2.37. The Morgan fingerprint density at radius 1 is 1.24 bits per heavy atom. The summed E-state index contributed by atoms with van der Waals surface area (Å²) in [6.07, 6.45) is 0. The highest BCUT2D eigenvalue weighted by Gasteiger charge is 2.23. The van der Waals surface area contributed by atoms with Crippen LogP contribution >= 0.6 is 28.1 Å². The Hall–Kier alpha value is -2.56. The Morgan fingerprint density at radius 3 is 2.62 bits per heavy atom. The highest BCUT2D eigenvalue weighted by atomic mass is 79.9. The van der Waals surface area contributed by atoms with E-state index in [0.717, 1.165) is 15.7 Å². The van der Waals surface area contributed by atoms with Crippen molar-refractivity contribution in [2.45, 2.75) is 6.92 Å². The molecule has 1 saturated heterocycles. The van der Waals surface area contributed by atoms with E-state index in [9.17, 15) is 14.9 Å². The first kappa shape index (κ1) is 21.2. The summed E-state index contributed by atoms with van der Waals surface area (Å²) in [4.78, 5) is 25.5. The van der Waals surface area contributed by atoms with Crippen LogP contribution < -0.4 is 15.5 Å². The van der Waals surface area contributed by atoms with Gasteiger partial charge in [0, 0.05) is 34.9 Å². The fraction of sp³-hybridized carbons (Fsp3) is 0.263. The third-order valence-corrected chi connectivity index (χ3v) is 5.52. The minimum atomic E-state index is -0.520. The zero-order valence-electron chi connectivity index (χ0n) is 15.6. The van der Waals surface area contributed by atoms with Crippen LogP contribution in [0.25, 0.3) is 0 Å². The number of amides is 1. The molecule has 2 N–H and O–H groups in total. The Kier molecular flexibility index (Phi) is 6.78. The number of hydrogen-bond acceptors (Lipinski definition) is 6. The lowest BCUT2D eigenvalue weighted by atomic mass is 10.1. The van der Waals surface area contributed by atoms with Gasteiger partial charge in [-0.2, -0.15) is 0 Å². The molecule has 0 unspecified atom stereocenters. The summed E-state index contributed by atoms with van der Waals surface area (Å²) in [7, 11) is 0. The number of benzene rings is 2. The largest absolute Gasteiger partial charge is 0.378 e. The Bertz CT molecular complexity index is 963. The lowest BCUT2D eigenvalue weighted by molar-refractivity contribution is -0.384. The fourth-order valence-electron chi connectivity index (χ4n) is 2.94. The van der Waals surface area contributed by atoms with Gasteiger partial charge in [0.2, 0.25) is 0 Å². The van der Waals surface area contributed by atoms with Crippen LogP contribution in [0.1, 0.15) is 15.9 Å². The quantitative estimate of drug-likeness (QED) is 0.393. The highest BCUT2D eigenvalue weighted by Crippen LogP contribution is 2.30. The first-order valence-corrected chi connectivity index (χ1v) is 10.0. The number of carbonyl (C=O) groups excluding carboxylic acids is 1. The number of anilines is 2. The molecule has 0 spiro atoms. The molecule has 0 bridgehead atoms. The van der Waals surface area contributed by atoms with Crippen molar-refractivity contribution in [3.05, 3.63) is 62.1 Å². The summed E-state index contributed by atoms with van der Waals surface area (Å²) < 4.78 is 6.25. The number of rotatable bonds is 4. The third kappa shape index (κ3) is 5.28. The lowest BCUT2D eigenvalue weighted by Gasteiger charge is -2.28. The number of halogens is 1. The molecule has 1 aliphatic heterocycles. The number of carbonyl (C=O) groups is 1.